The van der Waals surface area contributed by atoms with Gasteiger partial charge in [-0.25, -0.2) is 4.79 Å². The maximum Gasteiger partial charge on any atom is 0.319 e. The standard InChI is InChI=1S/C8H19N3O/c1-7(2)11(4)8(12)10(3)6-5-9/h7H,5-6,9H2,1-4H3. The summed E-state index contributed by atoms with van der Waals surface area (Å²) in [5.41, 5.74) is 5.33. The van der Waals surface area contributed by atoms with Crippen LogP contribution in [0, 0.1) is 0 Å². The van der Waals surface area contributed by atoms with Crippen LogP contribution in [0.25, 0.3) is 0 Å². The topological polar surface area (TPSA) is 49.6 Å². The van der Waals surface area contributed by atoms with Gasteiger partial charge in [0.1, 0.15) is 0 Å². The summed E-state index contributed by atoms with van der Waals surface area (Å²) in [6.07, 6.45) is 0. The van der Waals surface area contributed by atoms with Gasteiger partial charge in [-0.3, -0.25) is 0 Å². The molecule has 72 valence electrons. The van der Waals surface area contributed by atoms with Gasteiger partial charge in [-0.2, -0.15) is 0 Å². The molecule has 0 saturated carbocycles. The molecule has 0 fully saturated rings. The molecule has 0 aliphatic carbocycles. The Kier molecular flexibility index (Phi) is 4.66. The lowest BCUT2D eigenvalue weighted by Gasteiger charge is -2.27. The summed E-state index contributed by atoms with van der Waals surface area (Å²) in [5.74, 6) is 0. The Balaban J connectivity index is 4.00. The monoisotopic (exact) mass is 173 g/mol. The van der Waals surface area contributed by atoms with Crippen molar-refractivity contribution in [1.82, 2.24) is 9.80 Å². The molecule has 0 aliphatic rings. The molecule has 0 aromatic rings. The maximum absolute atomic E-state index is 11.5. The molecule has 0 saturated heterocycles. The molecule has 0 bridgehead atoms. The van der Waals surface area contributed by atoms with Gasteiger partial charge in [0.2, 0.25) is 0 Å². The number of urea groups is 1. The minimum atomic E-state index is 0.0236. The van der Waals surface area contributed by atoms with E-state index in [0.717, 1.165) is 0 Å². The summed E-state index contributed by atoms with van der Waals surface area (Å²) >= 11 is 0. The predicted octanol–water partition coefficient (Wildman–Crippen LogP) is 0.337. The quantitative estimate of drug-likeness (QED) is 0.669. The summed E-state index contributed by atoms with van der Waals surface area (Å²) in [6, 6.07) is 0.258. The number of likely N-dealkylation sites (N-methyl/N-ethyl adjacent to an activating group) is 1. The SMILES string of the molecule is CC(C)N(C)C(=O)N(C)CCN. The molecule has 0 spiro atoms. The van der Waals surface area contributed by atoms with Gasteiger partial charge in [0.05, 0.1) is 0 Å². The Morgan fingerprint density at radius 2 is 1.92 bits per heavy atom. The van der Waals surface area contributed by atoms with Crippen molar-refractivity contribution >= 4 is 6.03 Å². The second kappa shape index (κ2) is 4.98. The van der Waals surface area contributed by atoms with E-state index in [2.05, 4.69) is 0 Å². The van der Waals surface area contributed by atoms with E-state index in [9.17, 15) is 4.79 Å². The lowest BCUT2D eigenvalue weighted by molar-refractivity contribution is 0.163. The normalized spacial score (nSPS) is 10.2. The van der Waals surface area contributed by atoms with Gasteiger partial charge in [0.15, 0.2) is 0 Å². The van der Waals surface area contributed by atoms with Crippen molar-refractivity contribution in [3.63, 3.8) is 0 Å². The van der Waals surface area contributed by atoms with Crippen LogP contribution in [0.3, 0.4) is 0 Å². The van der Waals surface area contributed by atoms with Crippen LogP contribution in [0.2, 0.25) is 0 Å². The first-order valence-corrected chi connectivity index (χ1v) is 4.18. The van der Waals surface area contributed by atoms with Crippen molar-refractivity contribution in [2.24, 2.45) is 5.73 Å². The van der Waals surface area contributed by atoms with Gasteiger partial charge < -0.3 is 15.5 Å². The number of carbonyl (C=O) groups excluding carboxylic acids is 1. The maximum atomic E-state index is 11.5. The number of rotatable bonds is 3. The number of carbonyl (C=O) groups is 1. The molecule has 2 N–H and O–H groups in total. The smallest absolute Gasteiger partial charge is 0.319 e. The van der Waals surface area contributed by atoms with Crippen LogP contribution in [0.5, 0.6) is 0 Å². The predicted molar refractivity (Wildman–Crippen MR) is 50.0 cm³/mol. The zero-order chi connectivity index (χ0) is 9.72. The van der Waals surface area contributed by atoms with Gasteiger partial charge in [0.25, 0.3) is 0 Å². The molecule has 0 rings (SSSR count). The van der Waals surface area contributed by atoms with Crippen LogP contribution >= 0.6 is 0 Å². The highest BCUT2D eigenvalue weighted by molar-refractivity contribution is 5.74. The van der Waals surface area contributed by atoms with Crippen molar-refractivity contribution in [2.45, 2.75) is 19.9 Å². The van der Waals surface area contributed by atoms with Crippen molar-refractivity contribution < 1.29 is 4.79 Å². The van der Waals surface area contributed by atoms with Crippen LogP contribution in [0.15, 0.2) is 0 Å². The Morgan fingerprint density at radius 1 is 1.42 bits per heavy atom. The van der Waals surface area contributed by atoms with Crippen LogP contribution in [-0.4, -0.2) is 49.1 Å². The lowest BCUT2D eigenvalue weighted by Crippen LogP contribution is -2.43. The van der Waals surface area contributed by atoms with Gasteiger partial charge in [-0.15, -0.1) is 0 Å². The highest BCUT2D eigenvalue weighted by atomic mass is 16.2. The van der Waals surface area contributed by atoms with E-state index in [1.807, 2.05) is 13.8 Å². The lowest BCUT2D eigenvalue weighted by atomic mass is 10.3. The third-order valence-corrected chi connectivity index (χ3v) is 1.87. The Labute approximate surface area is 74.3 Å². The summed E-state index contributed by atoms with van der Waals surface area (Å²) in [7, 11) is 3.55. The first-order valence-electron chi connectivity index (χ1n) is 4.18. The van der Waals surface area contributed by atoms with Crippen LogP contribution in [0.4, 0.5) is 4.79 Å². The van der Waals surface area contributed by atoms with Crippen LogP contribution in [0.1, 0.15) is 13.8 Å². The molecule has 0 radical (unpaired) electrons. The molecule has 12 heavy (non-hydrogen) atoms. The highest BCUT2D eigenvalue weighted by Crippen LogP contribution is 1.98. The molecule has 0 heterocycles. The zero-order valence-electron chi connectivity index (χ0n) is 8.37. The van der Waals surface area contributed by atoms with Gasteiger partial charge in [-0.05, 0) is 13.8 Å². The van der Waals surface area contributed by atoms with E-state index in [1.165, 1.54) is 0 Å². The van der Waals surface area contributed by atoms with E-state index in [4.69, 9.17) is 5.73 Å². The minimum Gasteiger partial charge on any atom is -0.329 e. The van der Waals surface area contributed by atoms with E-state index < -0.39 is 0 Å². The van der Waals surface area contributed by atoms with Crippen molar-refractivity contribution in [3.05, 3.63) is 0 Å². The van der Waals surface area contributed by atoms with Crippen molar-refractivity contribution in [1.29, 1.82) is 0 Å². The fraction of sp³-hybridized carbons (Fsp3) is 0.875. The van der Waals surface area contributed by atoms with E-state index in [0.29, 0.717) is 13.1 Å². The Hall–Kier alpha value is -0.770. The Morgan fingerprint density at radius 3 is 2.25 bits per heavy atom. The number of nitrogens with zero attached hydrogens (tertiary/aromatic N) is 2. The fourth-order valence-electron chi connectivity index (χ4n) is 0.779. The van der Waals surface area contributed by atoms with Crippen molar-refractivity contribution in [2.75, 3.05) is 27.2 Å². The number of hydrogen-bond acceptors (Lipinski definition) is 2. The third-order valence-electron chi connectivity index (χ3n) is 1.87. The summed E-state index contributed by atoms with van der Waals surface area (Å²) in [4.78, 5) is 14.8. The van der Waals surface area contributed by atoms with E-state index in [1.54, 1.807) is 23.9 Å². The molecule has 4 nitrogen and oxygen atoms in total. The molecule has 0 unspecified atom stereocenters. The number of nitrogens with two attached hydrogens (primary N) is 1. The molecular formula is C8H19N3O. The summed E-state index contributed by atoms with van der Waals surface area (Å²) in [5, 5.41) is 0. The summed E-state index contributed by atoms with van der Waals surface area (Å²) < 4.78 is 0. The average Bonchev–Trinajstić information content (AvgIpc) is 2.02. The largest absolute Gasteiger partial charge is 0.329 e. The zero-order valence-corrected chi connectivity index (χ0v) is 8.37. The van der Waals surface area contributed by atoms with Gasteiger partial charge in [-0.1, -0.05) is 0 Å². The molecule has 2 amide bonds. The third kappa shape index (κ3) is 3.09. The van der Waals surface area contributed by atoms with Gasteiger partial charge >= 0.3 is 6.03 Å². The summed E-state index contributed by atoms with van der Waals surface area (Å²) in [6.45, 7) is 5.08. The Bertz CT molecular complexity index is 147. The van der Waals surface area contributed by atoms with E-state index in [-0.39, 0.29) is 12.1 Å². The second-order valence-electron chi connectivity index (χ2n) is 3.20. The van der Waals surface area contributed by atoms with Crippen LogP contribution < -0.4 is 5.73 Å². The molecule has 0 aromatic heterocycles. The molecule has 4 heteroatoms. The van der Waals surface area contributed by atoms with Crippen molar-refractivity contribution in [3.8, 4) is 0 Å². The molecule has 0 atom stereocenters. The molecule has 0 aliphatic heterocycles. The first kappa shape index (κ1) is 11.2. The number of amides is 2. The van der Waals surface area contributed by atoms with Gasteiger partial charge in [0, 0.05) is 33.2 Å². The molecule has 0 aromatic carbocycles. The second-order valence-corrected chi connectivity index (χ2v) is 3.20. The minimum absolute atomic E-state index is 0.0236. The fourth-order valence-corrected chi connectivity index (χ4v) is 0.779. The number of hydrogen-bond donors (Lipinski definition) is 1. The van der Waals surface area contributed by atoms with Crippen LogP contribution in [-0.2, 0) is 0 Å². The average molecular weight is 173 g/mol. The molecular weight excluding hydrogens is 154 g/mol. The highest BCUT2D eigenvalue weighted by Gasteiger charge is 2.15. The van der Waals surface area contributed by atoms with E-state index >= 15 is 0 Å². The first-order chi connectivity index (χ1) is 5.50.